The van der Waals surface area contributed by atoms with Crippen molar-refractivity contribution in [3.05, 3.63) is 29.3 Å². The van der Waals surface area contributed by atoms with Crippen LogP contribution in [-0.4, -0.2) is 80.8 Å². The number of aliphatic imine (C=N–C) groups is 1. The molecule has 0 bridgehead atoms. The number of likely N-dealkylation sites (tertiary alicyclic amines) is 1. The molecule has 1 N–H and O–H groups in total. The lowest BCUT2D eigenvalue weighted by atomic mass is 9.95. The Morgan fingerprint density at radius 1 is 1.21 bits per heavy atom. The highest BCUT2D eigenvalue weighted by molar-refractivity contribution is 6.30. The summed E-state index contributed by atoms with van der Waals surface area (Å²) in [5, 5.41) is 4.08. The molecular formula is C21H31ClN4O3. The van der Waals surface area contributed by atoms with E-state index in [-0.39, 0.29) is 17.9 Å². The lowest BCUT2D eigenvalue weighted by Gasteiger charge is -2.37. The van der Waals surface area contributed by atoms with Gasteiger partial charge in [0.2, 0.25) is 5.91 Å². The Morgan fingerprint density at radius 3 is 2.48 bits per heavy atom. The van der Waals surface area contributed by atoms with Crippen LogP contribution in [0.1, 0.15) is 19.8 Å². The van der Waals surface area contributed by atoms with Gasteiger partial charge in [0.25, 0.3) is 0 Å². The average molecular weight is 423 g/mol. The quantitative estimate of drug-likeness (QED) is 0.582. The average Bonchev–Trinajstić information content (AvgIpc) is 2.76. The van der Waals surface area contributed by atoms with Crippen LogP contribution >= 0.6 is 11.6 Å². The van der Waals surface area contributed by atoms with E-state index in [1.807, 2.05) is 36.1 Å². The fraction of sp³-hybridized carbons (Fsp3) is 0.619. The minimum atomic E-state index is -0.0200. The van der Waals surface area contributed by atoms with Gasteiger partial charge in [-0.2, -0.15) is 0 Å². The summed E-state index contributed by atoms with van der Waals surface area (Å²) in [5.41, 5.74) is 0. The Balaban J connectivity index is 1.42. The van der Waals surface area contributed by atoms with Gasteiger partial charge in [-0.1, -0.05) is 11.6 Å². The molecule has 1 atom stereocenters. The number of piperidine rings is 1. The molecule has 29 heavy (non-hydrogen) atoms. The fourth-order valence-electron chi connectivity index (χ4n) is 3.73. The Hall–Kier alpha value is -1.99. The molecule has 0 aliphatic carbocycles. The number of rotatable bonds is 5. The molecule has 1 aromatic carbocycles. The van der Waals surface area contributed by atoms with Crippen molar-refractivity contribution in [2.75, 3.05) is 53.0 Å². The summed E-state index contributed by atoms with van der Waals surface area (Å²) >= 11 is 5.91. The Bertz CT molecular complexity index is 684. The molecule has 2 saturated heterocycles. The van der Waals surface area contributed by atoms with Gasteiger partial charge < -0.3 is 24.6 Å². The fourth-order valence-corrected chi connectivity index (χ4v) is 3.86. The molecule has 0 radical (unpaired) electrons. The first-order valence-electron chi connectivity index (χ1n) is 10.3. The zero-order valence-corrected chi connectivity index (χ0v) is 18.0. The number of nitrogens with one attached hydrogen (secondary N) is 1. The molecule has 160 valence electrons. The number of hydrogen-bond acceptors (Lipinski definition) is 4. The second-order valence-electron chi connectivity index (χ2n) is 7.51. The molecule has 2 aliphatic rings. The predicted octanol–water partition coefficient (Wildman–Crippen LogP) is 2.25. The molecule has 8 heteroatoms. The third kappa shape index (κ3) is 6.24. The molecule has 0 spiro atoms. The lowest BCUT2D eigenvalue weighted by Crippen LogP contribution is -2.50. The number of halogens is 1. The number of benzene rings is 1. The zero-order valence-electron chi connectivity index (χ0n) is 17.3. The van der Waals surface area contributed by atoms with Crippen LogP contribution in [-0.2, 0) is 9.53 Å². The molecule has 7 nitrogen and oxygen atoms in total. The van der Waals surface area contributed by atoms with Gasteiger partial charge in [-0.3, -0.25) is 9.79 Å². The number of guanidine groups is 1. The maximum Gasteiger partial charge on any atom is 0.225 e. The van der Waals surface area contributed by atoms with Crippen molar-refractivity contribution in [1.82, 2.24) is 15.1 Å². The van der Waals surface area contributed by atoms with Gasteiger partial charge in [0.05, 0.1) is 19.8 Å². The van der Waals surface area contributed by atoms with Crippen LogP contribution < -0.4 is 10.1 Å². The van der Waals surface area contributed by atoms with Gasteiger partial charge in [0.15, 0.2) is 5.96 Å². The second-order valence-corrected chi connectivity index (χ2v) is 7.95. The molecular weight excluding hydrogens is 392 g/mol. The van der Waals surface area contributed by atoms with Crippen molar-refractivity contribution in [1.29, 1.82) is 0 Å². The number of hydrogen-bond donors (Lipinski definition) is 1. The van der Waals surface area contributed by atoms with E-state index in [2.05, 4.69) is 15.2 Å². The van der Waals surface area contributed by atoms with E-state index in [4.69, 9.17) is 21.1 Å². The van der Waals surface area contributed by atoms with Crippen LogP contribution in [0, 0.1) is 5.92 Å². The normalized spacial score (nSPS) is 19.8. The SMILES string of the molecule is CN=C(NCC(C)Oc1ccc(Cl)cc1)N1CCC(C(=O)N2CCOCC2)CC1. The van der Waals surface area contributed by atoms with E-state index < -0.39 is 0 Å². The summed E-state index contributed by atoms with van der Waals surface area (Å²) in [7, 11) is 1.79. The summed E-state index contributed by atoms with van der Waals surface area (Å²) in [6, 6.07) is 7.37. The van der Waals surface area contributed by atoms with Crippen molar-refractivity contribution in [3.63, 3.8) is 0 Å². The number of carbonyl (C=O) groups excluding carboxylic acids is 1. The van der Waals surface area contributed by atoms with E-state index in [1.165, 1.54) is 0 Å². The summed E-state index contributed by atoms with van der Waals surface area (Å²) in [4.78, 5) is 21.3. The molecule has 0 saturated carbocycles. The smallest absolute Gasteiger partial charge is 0.225 e. The highest BCUT2D eigenvalue weighted by Gasteiger charge is 2.30. The van der Waals surface area contributed by atoms with E-state index in [9.17, 15) is 4.79 Å². The standard InChI is InChI=1S/C21H31ClN4O3/c1-16(29-19-5-3-18(22)4-6-19)15-24-21(23-2)26-9-7-17(8-10-26)20(27)25-11-13-28-14-12-25/h3-6,16-17H,7-15H2,1-2H3,(H,23,24). The maximum atomic E-state index is 12.7. The summed E-state index contributed by atoms with van der Waals surface area (Å²) in [6.07, 6.45) is 1.69. The first kappa shape index (κ1) is 21.7. The number of morpholine rings is 1. The highest BCUT2D eigenvalue weighted by Crippen LogP contribution is 2.21. The second kappa shape index (κ2) is 10.7. The van der Waals surface area contributed by atoms with Crippen LogP contribution in [0.5, 0.6) is 5.75 Å². The minimum absolute atomic E-state index is 0.0200. The minimum Gasteiger partial charge on any atom is -0.489 e. The van der Waals surface area contributed by atoms with E-state index in [0.717, 1.165) is 37.6 Å². The number of ether oxygens (including phenoxy) is 2. The van der Waals surface area contributed by atoms with Crippen LogP contribution in [0.2, 0.25) is 5.02 Å². The van der Waals surface area contributed by atoms with Crippen LogP contribution in [0.3, 0.4) is 0 Å². The van der Waals surface area contributed by atoms with E-state index in [0.29, 0.717) is 37.9 Å². The van der Waals surface area contributed by atoms with Crippen molar-refractivity contribution >= 4 is 23.5 Å². The van der Waals surface area contributed by atoms with Crippen LogP contribution in [0.4, 0.5) is 0 Å². The topological polar surface area (TPSA) is 66.4 Å². The maximum absolute atomic E-state index is 12.7. The van der Waals surface area contributed by atoms with Gasteiger partial charge >= 0.3 is 0 Å². The molecule has 2 fully saturated rings. The molecule has 1 unspecified atom stereocenters. The lowest BCUT2D eigenvalue weighted by molar-refractivity contribution is -0.140. The van der Waals surface area contributed by atoms with Crippen LogP contribution in [0.15, 0.2) is 29.3 Å². The monoisotopic (exact) mass is 422 g/mol. The van der Waals surface area contributed by atoms with Crippen molar-refractivity contribution in [3.8, 4) is 5.75 Å². The van der Waals surface area contributed by atoms with Gasteiger partial charge in [0, 0.05) is 44.2 Å². The highest BCUT2D eigenvalue weighted by atomic mass is 35.5. The van der Waals surface area contributed by atoms with E-state index in [1.54, 1.807) is 7.05 Å². The van der Waals surface area contributed by atoms with Crippen molar-refractivity contribution < 1.29 is 14.3 Å². The van der Waals surface area contributed by atoms with Crippen molar-refractivity contribution in [2.45, 2.75) is 25.9 Å². The molecule has 1 aromatic rings. The largest absolute Gasteiger partial charge is 0.489 e. The van der Waals surface area contributed by atoms with E-state index >= 15 is 0 Å². The summed E-state index contributed by atoms with van der Waals surface area (Å²) in [6.45, 7) is 7.04. The van der Waals surface area contributed by atoms with Gasteiger partial charge in [-0.05, 0) is 44.0 Å². The number of amides is 1. The first-order chi connectivity index (χ1) is 14.1. The third-order valence-corrected chi connectivity index (χ3v) is 5.63. The van der Waals surface area contributed by atoms with Gasteiger partial charge in [0.1, 0.15) is 11.9 Å². The molecule has 0 aromatic heterocycles. The molecule has 2 heterocycles. The van der Waals surface area contributed by atoms with Crippen LogP contribution in [0.25, 0.3) is 0 Å². The van der Waals surface area contributed by atoms with Crippen molar-refractivity contribution in [2.24, 2.45) is 10.9 Å². The third-order valence-electron chi connectivity index (χ3n) is 5.38. The Morgan fingerprint density at radius 2 is 1.86 bits per heavy atom. The summed E-state index contributed by atoms with van der Waals surface area (Å²) < 4.78 is 11.3. The predicted molar refractivity (Wildman–Crippen MR) is 115 cm³/mol. The summed E-state index contributed by atoms with van der Waals surface area (Å²) in [5.74, 6) is 2.03. The van der Waals surface area contributed by atoms with Gasteiger partial charge in [-0.25, -0.2) is 0 Å². The first-order valence-corrected chi connectivity index (χ1v) is 10.7. The molecule has 3 rings (SSSR count). The van der Waals surface area contributed by atoms with Gasteiger partial charge in [-0.15, -0.1) is 0 Å². The number of nitrogens with zero attached hydrogens (tertiary/aromatic N) is 3. The Kier molecular flexibility index (Phi) is 8.00. The molecule has 2 aliphatic heterocycles. The zero-order chi connectivity index (χ0) is 20.6. The number of carbonyl (C=O) groups is 1. The Labute approximate surface area is 178 Å². The molecule has 1 amide bonds.